The molecule has 0 unspecified atom stereocenters. The molecule has 0 saturated carbocycles. The van der Waals surface area contributed by atoms with Gasteiger partial charge in [-0.1, -0.05) is 24.8 Å². The maximum atomic E-state index is 6.07. The zero-order valence-corrected chi connectivity index (χ0v) is 14.3. The number of nitrogens with two attached hydrogens (primary N) is 1. The molecular weight excluding hydrogens is 298 g/mol. The van der Waals surface area contributed by atoms with Crippen LogP contribution in [0.4, 0.5) is 5.69 Å². The van der Waals surface area contributed by atoms with E-state index in [1.165, 1.54) is 0 Å². The number of para-hydroxylation sites is 1. The van der Waals surface area contributed by atoms with Crippen molar-refractivity contribution in [3.05, 3.63) is 83.7 Å². The van der Waals surface area contributed by atoms with E-state index in [1.807, 2.05) is 56.3 Å². The Morgan fingerprint density at radius 3 is 2.46 bits per heavy atom. The summed E-state index contributed by atoms with van der Waals surface area (Å²) in [5.41, 5.74) is 10.9. The standard InChI is InChI=1S/C19H23N5/c1-13-10-11-16(12-22-13)14(2)24-18(19(20)21-4)15(3)23-17-8-6-5-7-9-17/h5-12,21,23H,3,20H2,1-2,4H3/b19-18-,24-14?. The first-order valence-electron chi connectivity index (χ1n) is 7.68. The Bertz CT molecular complexity index is 758. The zero-order valence-electron chi connectivity index (χ0n) is 14.3. The first kappa shape index (κ1) is 17.3. The summed E-state index contributed by atoms with van der Waals surface area (Å²) in [4.78, 5) is 8.95. The van der Waals surface area contributed by atoms with Crippen LogP contribution in [0.25, 0.3) is 0 Å². The summed E-state index contributed by atoms with van der Waals surface area (Å²) in [5.74, 6) is 0.447. The number of hydrogen-bond acceptors (Lipinski definition) is 5. The van der Waals surface area contributed by atoms with Gasteiger partial charge in [-0.25, -0.2) is 4.99 Å². The van der Waals surface area contributed by atoms with Crippen molar-refractivity contribution < 1.29 is 0 Å². The summed E-state index contributed by atoms with van der Waals surface area (Å²) >= 11 is 0. The Labute approximate surface area is 143 Å². The number of benzene rings is 1. The van der Waals surface area contributed by atoms with E-state index < -0.39 is 0 Å². The van der Waals surface area contributed by atoms with Crippen LogP contribution in [0.15, 0.2) is 77.4 Å². The Hall–Kier alpha value is -3.08. The van der Waals surface area contributed by atoms with Crippen LogP contribution in [0, 0.1) is 6.92 Å². The molecule has 1 heterocycles. The molecule has 0 bridgehead atoms. The third-order valence-electron chi connectivity index (χ3n) is 3.49. The number of rotatable bonds is 6. The van der Waals surface area contributed by atoms with E-state index in [4.69, 9.17) is 5.73 Å². The SMILES string of the molecule is C=C(Nc1ccccc1)/C(N=C(C)c1ccc(C)nc1)=C(\N)NC. The Morgan fingerprint density at radius 1 is 1.17 bits per heavy atom. The fraction of sp³-hybridized carbons (Fsp3) is 0.158. The van der Waals surface area contributed by atoms with Gasteiger partial charge in [0, 0.05) is 35.9 Å². The fourth-order valence-electron chi connectivity index (χ4n) is 2.08. The molecule has 0 fully saturated rings. The molecule has 4 N–H and O–H groups in total. The van der Waals surface area contributed by atoms with Crippen molar-refractivity contribution in [2.75, 3.05) is 12.4 Å². The summed E-state index contributed by atoms with van der Waals surface area (Å²) in [6.07, 6.45) is 1.80. The number of hydrogen-bond donors (Lipinski definition) is 3. The zero-order chi connectivity index (χ0) is 17.5. The first-order valence-corrected chi connectivity index (χ1v) is 7.68. The van der Waals surface area contributed by atoms with Gasteiger partial charge in [0.25, 0.3) is 0 Å². The normalized spacial score (nSPS) is 12.4. The lowest BCUT2D eigenvalue weighted by molar-refractivity contribution is 0.931. The maximum Gasteiger partial charge on any atom is 0.126 e. The lowest BCUT2D eigenvalue weighted by atomic mass is 10.2. The van der Waals surface area contributed by atoms with Gasteiger partial charge in [0.2, 0.25) is 0 Å². The van der Waals surface area contributed by atoms with E-state index in [0.717, 1.165) is 22.7 Å². The van der Waals surface area contributed by atoms with Crippen LogP contribution in [-0.4, -0.2) is 17.7 Å². The van der Waals surface area contributed by atoms with Gasteiger partial charge >= 0.3 is 0 Å². The van der Waals surface area contributed by atoms with E-state index in [0.29, 0.717) is 17.2 Å². The molecule has 0 atom stereocenters. The van der Waals surface area contributed by atoms with Crippen molar-refractivity contribution in [2.45, 2.75) is 13.8 Å². The number of nitrogens with one attached hydrogen (secondary N) is 2. The van der Waals surface area contributed by atoms with Crippen molar-refractivity contribution >= 4 is 11.4 Å². The molecule has 5 heteroatoms. The first-order chi connectivity index (χ1) is 11.5. The molecule has 0 radical (unpaired) electrons. The molecule has 0 amide bonds. The largest absolute Gasteiger partial charge is 0.384 e. The third kappa shape index (κ3) is 4.46. The summed E-state index contributed by atoms with van der Waals surface area (Å²) in [6, 6.07) is 13.7. The van der Waals surface area contributed by atoms with E-state index in [9.17, 15) is 0 Å². The minimum Gasteiger partial charge on any atom is -0.384 e. The number of aryl methyl sites for hydroxylation is 1. The predicted octanol–water partition coefficient (Wildman–Crippen LogP) is 3.17. The smallest absolute Gasteiger partial charge is 0.126 e. The second-order valence-electron chi connectivity index (χ2n) is 5.37. The average Bonchev–Trinajstić information content (AvgIpc) is 2.60. The van der Waals surface area contributed by atoms with Gasteiger partial charge in [-0.05, 0) is 38.1 Å². The lowest BCUT2D eigenvalue weighted by Gasteiger charge is -2.14. The van der Waals surface area contributed by atoms with Crippen LogP contribution in [-0.2, 0) is 0 Å². The van der Waals surface area contributed by atoms with Gasteiger partial charge in [-0.15, -0.1) is 0 Å². The number of pyridine rings is 1. The molecule has 2 rings (SSSR count). The van der Waals surface area contributed by atoms with Gasteiger partial charge < -0.3 is 16.4 Å². The number of aromatic nitrogens is 1. The van der Waals surface area contributed by atoms with E-state index in [2.05, 4.69) is 27.2 Å². The second-order valence-corrected chi connectivity index (χ2v) is 5.37. The van der Waals surface area contributed by atoms with Gasteiger partial charge in [-0.2, -0.15) is 0 Å². The molecular formula is C19H23N5. The van der Waals surface area contributed by atoms with Crippen molar-refractivity contribution in [1.29, 1.82) is 0 Å². The van der Waals surface area contributed by atoms with Crippen LogP contribution in [0.5, 0.6) is 0 Å². The highest BCUT2D eigenvalue weighted by atomic mass is 15.0. The molecule has 1 aromatic carbocycles. The molecule has 0 aliphatic rings. The highest BCUT2D eigenvalue weighted by Crippen LogP contribution is 2.17. The fourth-order valence-corrected chi connectivity index (χ4v) is 2.08. The Kier molecular flexibility index (Phi) is 5.73. The molecule has 5 nitrogen and oxygen atoms in total. The highest BCUT2D eigenvalue weighted by molar-refractivity contribution is 5.99. The minimum atomic E-state index is 0.447. The van der Waals surface area contributed by atoms with Crippen molar-refractivity contribution in [2.24, 2.45) is 10.7 Å². The molecule has 124 valence electrons. The molecule has 0 aliphatic carbocycles. The van der Waals surface area contributed by atoms with E-state index >= 15 is 0 Å². The Balaban J connectivity index is 2.30. The second kappa shape index (κ2) is 7.97. The average molecular weight is 321 g/mol. The monoisotopic (exact) mass is 321 g/mol. The van der Waals surface area contributed by atoms with Crippen molar-refractivity contribution in [3.63, 3.8) is 0 Å². The predicted molar refractivity (Wildman–Crippen MR) is 101 cm³/mol. The van der Waals surface area contributed by atoms with Crippen LogP contribution in [0.1, 0.15) is 18.2 Å². The molecule has 2 aromatic rings. The number of aliphatic imine (C=N–C) groups is 1. The molecule has 24 heavy (non-hydrogen) atoms. The lowest BCUT2D eigenvalue weighted by Crippen LogP contribution is -2.20. The van der Waals surface area contributed by atoms with E-state index in [-0.39, 0.29) is 0 Å². The minimum absolute atomic E-state index is 0.447. The molecule has 0 saturated heterocycles. The van der Waals surface area contributed by atoms with Crippen LogP contribution in [0.3, 0.4) is 0 Å². The van der Waals surface area contributed by atoms with Crippen molar-refractivity contribution in [1.82, 2.24) is 10.3 Å². The highest BCUT2D eigenvalue weighted by Gasteiger charge is 2.09. The van der Waals surface area contributed by atoms with Crippen LogP contribution >= 0.6 is 0 Å². The number of anilines is 1. The van der Waals surface area contributed by atoms with Gasteiger partial charge in [0.1, 0.15) is 11.5 Å². The third-order valence-corrected chi connectivity index (χ3v) is 3.49. The molecule has 1 aromatic heterocycles. The van der Waals surface area contributed by atoms with Crippen LogP contribution < -0.4 is 16.4 Å². The van der Waals surface area contributed by atoms with Gasteiger partial charge in [0.05, 0.1) is 5.70 Å². The molecule has 0 spiro atoms. The van der Waals surface area contributed by atoms with Crippen LogP contribution in [0.2, 0.25) is 0 Å². The molecule has 0 aliphatic heterocycles. The van der Waals surface area contributed by atoms with Gasteiger partial charge in [0.15, 0.2) is 0 Å². The van der Waals surface area contributed by atoms with Gasteiger partial charge in [-0.3, -0.25) is 4.98 Å². The summed E-state index contributed by atoms with van der Waals surface area (Å²) in [7, 11) is 1.75. The summed E-state index contributed by atoms with van der Waals surface area (Å²) in [6.45, 7) is 7.94. The maximum absolute atomic E-state index is 6.07. The number of nitrogens with zero attached hydrogens (tertiary/aromatic N) is 2. The summed E-state index contributed by atoms with van der Waals surface area (Å²) < 4.78 is 0. The van der Waals surface area contributed by atoms with Crippen molar-refractivity contribution in [3.8, 4) is 0 Å². The quantitative estimate of drug-likeness (QED) is 0.564. The summed E-state index contributed by atoms with van der Waals surface area (Å²) in [5, 5.41) is 6.16. The Morgan fingerprint density at radius 2 is 1.88 bits per heavy atom. The topological polar surface area (TPSA) is 75.3 Å². The van der Waals surface area contributed by atoms with E-state index in [1.54, 1.807) is 13.2 Å².